The monoisotopic (exact) mass is 414 g/mol. The van der Waals surface area contributed by atoms with Gasteiger partial charge in [-0.15, -0.1) is 0 Å². The Morgan fingerprint density at radius 3 is 2.52 bits per heavy atom. The van der Waals surface area contributed by atoms with Crippen molar-refractivity contribution in [3.8, 4) is 17.4 Å². The van der Waals surface area contributed by atoms with Gasteiger partial charge in [-0.2, -0.15) is 14.9 Å². The highest BCUT2D eigenvalue weighted by atomic mass is 32.2. The third-order valence-corrected chi connectivity index (χ3v) is 5.72. The van der Waals surface area contributed by atoms with E-state index in [-0.39, 0.29) is 4.90 Å². The van der Waals surface area contributed by atoms with Crippen molar-refractivity contribution in [1.82, 2.24) is 24.5 Å². The lowest BCUT2D eigenvalue weighted by molar-refractivity contribution is 0.382. The standard InChI is InChI=1S/C18H18N6O4S/c1-23-18-12(10-21-23)4-6-14(27-2)17(18)22-29(25,26)13-5-7-15(19-11-13)24-16(28-3)8-9-20-24/h4-11,22H,1-3H3. The van der Waals surface area contributed by atoms with Crippen LogP contribution in [0.3, 0.4) is 0 Å². The van der Waals surface area contributed by atoms with Crippen molar-refractivity contribution in [2.75, 3.05) is 18.9 Å². The van der Waals surface area contributed by atoms with Gasteiger partial charge in [0, 0.05) is 24.7 Å². The Bertz CT molecular complexity index is 1280. The van der Waals surface area contributed by atoms with E-state index in [2.05, 4.69) is 19.9 Å². The summed E-state index contributed by atoms with van der Waals surface area (Å²) in [7, 11) is 0.794. The Balaban J connectivity index is 1.72. The van der Waals surface area contributed by atoms with E-state index in [1.54, 1.807) is 42.3 Å². The van der Waals surface area contributed by atoms with Crippen LogP contribution in [0.1, 0.15) is 0 Å². The van der Waals surface area contributed by atoms with Crippen molar-refractivity contribution in [3.63, 3.8) is 0 Å². The third-order valence-electron chi connectivity index (χ3n) is 4.39. The fourth-order valence-electron chi connectivity index (χ4n) is 2.98. The van der Waals surface area contributed by atoms with Gasteiger partial charge in [0.15, 0.2) is 5.82 Å². The summed E-state index contributed by atoms with van der Waals surface area (Å²) in [6.45, 7) is 0. The smallest absolute Gasteiger partial charge is 0.263 e. The molecule has 3 aromatic heterocycles. The van der Waals surface area contributed by atoms with Crippen LogP contribution >= 0.6 is 0 Å². The van der Waals surface area contributed by atoms with Crippen LogP contribution in [0.15, 0.2) is 53.8 Å². The van der Waals surface area contributed by atoms with Gasteiger partial charge in [-0.25, -0.2) is 13.4 Å². The van der Waals surface area contributed by atoms with Crippen LogP contribution < -0.4 is 14.2 Å². The van der Waals surface area contributed by atoms with Gasteiger partial charge in [-0.3, -0.25) is 9.40 Å². The molecule has 11 heteroatoms. The summed E-state index contributed by atoms with van der Waals surface area (Å²) in [5.74, 6) is 1.30. The molecule has 1 N–H and O–H groups in total. The molecule has 0 amide bonds. The Morgan fingerprint density at radius 1 is 1.00 bits per heavy atom. The Kier molecular flexibility index (Phi) is 4.59. The van der Waals surface area contributed by atoms with Crippen molar-refractivity contribution in [2.45, 2.75) is 4.90 Å². The minimum absolute atomic E-state index is 0.00593. The average Bonchev–Trinajstić information content (AvgIpc) is 3.35. The first-order valence-electron chi connectivity index (χ1n) is 8.50. The summed E-state index contributed by atoms with van der Waals surface area (Å²) in [6, 6.07) is 8.17. The van der Waals surface area contributed by atoms with Gasteiger partial charge >= 0.3 is 0 Å². The number of rotatable bonds is 6. The van der Waals surface area contributed by atoms with Crippen LogP contribution in [-0.2, 0) is 17.1 Å². The van der Waals surface area contributed by atoms with E-state index in [1.165, 1.54) is 31.2 Å². The van der Waals surface area contributed by atoms with E-state index in [9.17, 15) is 8.42 Å². The number of hydrogen-bond donors (Lipinski definition) is 1. The van der Waals surface area contributed by atoms with Gasteiger partial charge < -0.3 is 9.47 Å². The topological polar surface area (TPSA) is 113 Å². The summed E-state index contributed by atoms with van der Waals surface area (Å²) in [5, 5.41) is 9.08. The second-order valence-corrected chi connectivity index (χ2v) is 7.77. The molecule has 4 aromatic rings. The van der Waals surface area contributed by atoms with Gasteiger partial charge in [0.2, 0.25) is 5.88 Å². The third kappa shape index (κ3) is 3.25. The molecule has 0 aliphatic heterocycles. The van der Waals surface area contributed by atoms with Crippen molar-refractivity contribution >= 4 is 26.6 Å². The summed E-state index contributed by atoms with van der Waals surface area (Å²) in [6.07, 6.45) is 4.47. The number of pyridine rings is 1. The van der Waals surface area contributed by atoms with Crippen molar-refractivity contribution in [1.29, 1.82) is 0 Å². The van der Waals surface area contributed by atoms with Crippen LogP contribution in [0, 0.1) is 0 Å². The second kappa shape index (κ2) is 7.09. The highest BCUT2D eigenvalue weighted by Gasteiger charge is 2.21. The van der Waals surface area contributed by atoms with Crippen molar-refractivity contribution < 1.29 is 17.9 Å². The Hall–Kier alpha value is -3.60. The predicted molar refractivity (Wildman–Crippen MR) is 106 cm³/mol. The van der Waals surface area contributed by atoms with E-state index in [4.69, 9.17) is 9.47 Å². The number of ether oxygens (including phenoxy) is 2. The quantitative estimate of drug-likeness (QED) is 0.513. The molecule has 0 aliphatic carbocycles. The van der Waals surface area contributed by atoms with E-state index in [1.807, 2.05) is 6.07 Å². The number of aromatic nitrogens is 5. The predicted octanol–water partition coefficient (Wildman–Crippen LogP) is 1.97. The fraction of sp³-hybridized carbons (Fsp3) is 0.167. The highest BCUT2D eigenvalue weighted by molar-refractivity contribution is 7.92. The molecule has 0 saturated carbocycles. The average molecular weight is 414 g/mol. The van der Waals surface area contributed by atoms with Crippen LogP contribution in [0.25, 0.3) is 16.7 Å². The van der Waals surface area contributed by atoms with Crippen molar-refractivity contribution in [3.05, 3.63) is 48.9 Å². The van der Waals surface area contributed by atoms with Gasteiger partial charge in [-0.05, 0) is 24.3 Å². The first-order chi connectivity index (χ1) is 13.9. The number of benzene rings is 1. The SMILES string of the molecule is COc1ccc2cnn(C)c2c1NS(=O)(=O)c1ccc(-n2nccc2OC)nc1. The molecular weight excluding hydrogens is 396 g/mol. The number of aryl methyl sites for hydroxylation is 1. The molecule has 0 radical (unpaired) electrons. The summed E-state index contributed by atoms with van der Waals surface area (Å²) >= 11 is 0. The number of fused-ring (bicyclic) bond motifs is 1. The zero-order chi connectivity index (χ0) is 20.6. The summed E-state index contributed by atoms with van der Waals surface area (Å²) < 4.78 is 42.2. The van der Waals surface area contributed by atoms with Gasteiger partial charge in [0.25, 0.3) is 10.0 Å². The molecule has 29 heavy (non-hydrogen) atoms. The van der Waals surface area contributed by atoms with Gasteiger partial charge in [0.1, 0.15) is 16.3 Å². The Labute approximate surface area is 166 Å². The number of methoxy groups -OCH3 is 2. The van der Waals surface area contributed by atoms with E-state index in [0.717, 1.165) is 5.39 Å². The lowest BCUT2D eigenvalue weighted by atomic mass is 10.2. The maximum atomic E-state index is 13.0. The molecule has 0 bridgehead atoms. The molecule has 0 saturated heterocycles. The first-order valence-corrected chi connectivity index (χ1v) is 9.99. The van der Waals surface area contributed by atoms with Crippen LogP contribution in [-0.4, -0.2) is 47.2 Å². The number of hydrogen-bond acceptors (Lipinski definition) is 7. The molecule has 0 unspecified atom stereocenters. The van der Waals surface area contributed by atoms with Crippen LogP contribution in [0.5, 0.6) is 11.6 Å². The van der Waals surface area contributed by atoms with E-state index >= 15 is 0 Å². The zero-order valence-electron chi connectivity index (χ0n) is 15.9. The molecule has 150 valence electrons. The zero-order valence-corrected chi connectivity index (χ0v) is 16.7. The van der Waals surface area contributed by atoms with Crippen LogP contribution in [0.4, 0.5) is 5.69 Å². The molecular formula is C18H18N6O4S. The molecule has 0 fully saturated rings. The van der Waals surface area contributed by atoms with Crippen molar-refractivity contribution in [2.24, 2.45) is 7.05 Å². The number of nitrogens with one attached hydrogen (secondary N) is 1. The highest BCUT2D eigenvalue weighted by Crippen LogP contribution is 2.34. The lowest BCUT2D eigenvalue weighted by Crippen LogP contribution is -2.15. The largest absolute Gasteiger partial charge is 0.494 e. The molecule has 3 heterocycles. The Morgan fingerprint density at radius 2 is 1.83 bits per heavy atom. The summed E-state index contributed by atoms with van der Waals surface area (Å²) in [4.78, 5) is 4.20. The van der Waals surface area contributed by atoms with E-state index < -0.39 is 10.0 Å². The maximum absolute atomic E-state index is 13.0. The first kappa shape index (κ1) is 18.7. The molecule has 10 nitrogen and oxygen atoms in total. The number of nitrogens with zero attached hydrogens (tertiary/aromatic N) is 5. The number of sulfonamides is 1. The minimum Gasteiger partial charge on any atom is -0.494 e. The van der Waals surface area contributed by atoms with Crippen LogP contribution in [0.2, 0.25) is 0 Å². The molecule has 1 aromatic carbocycles. The maximum Gasteiger partial charge on any atom is 0.263 e. The fourth-order valence-corrected chi connectivity index (χ4v) is 4.01. The molecule has 4 rings (SSSR count). The van der Waals surface area contributed by atoms with Gasteiger partial charge in [-0.1, -0.05) is 0 Å². The summed E-state index contributed by atoms with van der Waals surface area (Å²) in [5.41, 5.74) is 0.918. The molecule has 0 atom stereocenters. The lowest BCUT2D eigenvalue weighted by Gasteiger charge is -2.14. The minimum atomic E-state index is -3.93. The normalized spacial score (nSPS) is 11.6. The second-order valence-electron chi connectivity index (χ2n) is 6.09. The van der Waals surface area contributed by atoms with Gasteiger partial charge in [0.05, 0.1) is 32.1 Å². The number of anilines is 1. The molecule has 0 spiro atoms. The van der Waals surface area contributed by atoms with E-state index in [0.29, 0.717) is 28.7 Å². The molecule has 0 aliphatic rings.